The van der Waals surface area contributed by atoms with Gasteiger partial charge in [0, 0.05) is 6.54 Å². The van der Waals surface area contributed by atoms with E-state index in [9.17, 15) is 4.79 Å². The lowest BCUT2D eigenvalue weighted by molar-refractivity contribution is -0.154. The first-order chi connectivity index (χ1) is 7.13. The third kappa shape index (κ3) is 4.20. The second-order valence-electron chi connectivity index (χ2n) is 4.91. The Kier molecular flexibility index (Phi) is 5.09. The Morgan fingerprint density at radius 2 is 2.00 bits per heavy atom. The number of carbonyl (C=O) groups is 1. The summed E-state index contributed by atoms with van der Waals surface area (Å²) in [5.74, 6) is 0.304. The standard InChI is InChI=1S/C12H23NO2/c1-9(2)7-10(8-13)12(14)15-11-5-3-4-6-11/h9-11H,3-8,13H2,1-2H3. The van der Waals surface area contributed by atoms with Gasteiger partial charge in [-0.05, 0) is 38.0 Å². The van der Waals surface area contributed by atoms with Crippen LogP contribution in [0.5, 0.6) is 0 Å². The van der Waals surface area contributed by atoms with E-state index in [1.807, 2.05) is 0 Å². The molecule has 0 bridgehead atoms. The summed E-state index contributed by atoms with van der Waals surface area (Å²) in [5.41, 5.74) is 5.60. The Labute approximate surface area is 92.4 Å². The average molecular weight is 213 g/mol. The second-order valence-corrected chi connectivity index (χ2v) is 4.91. The number of rotatable bonds is 5. The predicted molar refractivity (Wildman–Crippen MR) is 60.3 cm³/mol. The SMILES string of the molecule is CC(C)CC(CN)C(=O)OC1CCCC1. The molecular weight excluding hydrogens is 190 g/mol. The molecule has 0 heterocycles. The van der Waals surface area contributed by atoms with Crippen LogP contribution in [0, 0.1) is 11.8 Å². The molecule has 1 fully saturated rings. The molecule has 0 aliphatic heterocycles. The molecule has 3 heteroatoms. The summed E-state index contributed by atoms with van der Waals surface area (Å²) in [7, 11) is 0. The van der Waals surface area contributed by atoms with Crippen LogP contribution < -0.4 is 5.73 Å². The highest BCUT2D eigenvalue weighted by atomic mass is 16.5. The summed E-state index contributed by atoms with van der Waals surface area (Å²) in [4.78, 5) is 11.8. The molecule has 0 saturated heterocycles. The summed E-state index contributed by atoms with van der Waals surface area (Å²) in [5, 5.41) is 0. The molecule has 15 heavy (non-hydrogen) atoms. The van der Waals surface area contributed by atoms with Crippen LogP contribution in [0.2, 0.25) is 0 Å². The fourth-order valence-electron chi connectivity index (χ4n) is 2.12. The normalized spacial score (nSPS) is 19.5. The van der Waals surface area contributed by atoms with Crippen LogP contribution in [0.4, 0.5) is 0 Å². The molecule has 0 amide bonds. The van der Waals surface area contributed by atoms with Gasteiger partial charge in [-0.15, -0.1) is 0 Å². The second kappa shape index (κ2) is 6.11. The highest BCUT2D eigenvalue weighted by Gasteiger charge is 2.24. The van der Waals surface area contributed by atoms with Crippen molar-refractivity contribution in [2.24, 2.45) is 17.6 Å². The zero-order valence-electron chi connectivity index (χ0n) is 9.87. The maximum Gasteiger partial charge on any atom is 0.310 e. The van der Waals surface area contributed by atoms with Crippen molar-refractivity contribution in [2.75, 3.05) is 6.54 Å². The van der Waals surface area contributed by atoms with E-state index in [4.69, 9.17) is 10.5 Å². The minimum atomic E-state index is -0.106. The quantitative estimate of drug-likeness (QED) is 0.711. The predicted octanol–water partition coefficient (Wildman–Crippen LogP) is 2.09. The molecule has 1 aliphatic carbocycles. The van der Waals surface area contributed by atoms with Gasteiger partial charge in [0.1, 0.15) is 6.10 Å². The van der Waals surface area contributed by atoms with Crippen molar-refractivity contribution in [3.05, 3.63) is 0 Å². The third-order valence-corrected chi connectivity index (χ3v) is 2.96. The van der Waals surface area contributed by atoms with Gasteiger partial charge in [0.15, 0.2) is 0 Å². The van der Waals surface area contributed by atoms with E-state index in [1.165, 1.54) is 12.8 Å². The number of esters is 1. The highest BCUT2D eigenvalue weighted by Crippen LogP contribution is 2.23. The molecule has 88 valence electrons. The molecule has 0 aromatic rings. The first-order valence-electron chi connectivity index (χ1n) is 6.04. The smallest absolute Gasteiger partial charge is 0.310 e. The molecule has 3 nitrogen and oxygen atoms in total. The summed E-state index contributed by atoms with van der Waals surface area (Å²) in [6.07, 6.45) is 5.45. The van der Waals surface area contributed by atoms with Gasteiger partial charge in [-0.1, -0.05) is 13.8 Å². The fourth-order valence-corrected chi connectivity index (χ4v) is 2.12. The van der Waals surface area contributed by atoms with Crippen LogP contribution in [-0.4, -0.2) is 18.6 Å². The van der Waals surface area contributed by atoms with E-state index < -0.39 is 0 Å². The Hall–Kier alpha value is -0.570. The lowest BCUT2D eigenvalue weighted by Crippen LogP contribution is -2.29. The van der Waals surface area contributed by atoms with Crippen molar-refractivity contribution >= 4 is 5.97 Å². The average Bonchev–Trinajstić information content (AvgIpc) is 2.66. The number of hydrogen-bond donors (Lipinski definition) is 1. The van der Waals surface area contributed by atoms with E-state index >= 15 is 0 Å². The van der Waals surface area contributed by atoms with Crippen LogP contribution >= 0.6 is 0 Å². The van der Waals surface area contributed by atoms with E-state index in [2.05, 4.69) is 13.8 Å². The van der Waals surface area contributed by atoms with E-state index in [0.717, 1.165) is 19.3 Å². The highest BCUT2D eigenvalue weighted by molar-refractivity contribution is 5.72. The Balaban J connectivity index is 2.34. The third-order valence-electron chi connectivity index (χ3n) is 2.96. The minimum absolute atomic E-state index is 0.0851. The molecule has 1 saturated carbocycles. The lowest BCUT2D eigenvalue weighted by atomic mass is 9.97. The maximum absolute atomic E-state index is 11.8. The van der Waals surface area contributed by atoms with Gasteiger partial charge < -0.3 is 10.5 Å². The Morgan fingerprint density at radius 3 is 2.47 bits per heavy atom. The molecule has 1 unspecified atom stereocenters. The molecule has 0 aromatic carbocycles. The zero-order chi connectivity index (χ0) is 11.3. The van der Waals surface area contributed by atoms with Crippen molar-refractivity contribution in [3.8, 4) is 0 Å². The van der Waals surface area contributed by atoms with Crippen LogP contribution in [0.25, 0.3) is 0 Å². The number of carbonyl (C=O) groups excluding carboxylic acids is 1. The van der Waals surface area contributed by atoms with Crippen LogP contribution in [0.15, 0.2) is 0 Å². The van der Waals surface area contributed by atoms with Gasteiger partial charge in [0.05, 0.1) is 5.92 Å². The summed E-state index contributed by atoms with van der Waals surface area (Å²) in [6.45, 7) is 4.61. The Bertz CT molecular complexity index is 198. The largest absolute Gasteiger partial charge is 0.462 e. The van der Waals surface area contributed by atoms with Crippen LogP contribution in [0.1, 0.15) is 46.0 Å². The van der Waals surface area contributed by atoms with Crippen LogP contribution in [0.3, 0.4) is 0 Å². The molecular formula is C12H23NO2. The van der Waals surface area contributed by atoms with Crippen LogP contribution in [-0.2, 0) is 9.53 Å². The molecule has 1 atom stereocenters. The first-order valence-corrected chi connectivity index (χ1v) is 6.04. The van der Waals surface area contributed by atoms with E-state index in [0.29, 0.717) is 12.5 Å². The fraction of sp³-hybridized carbons (Fsp3) is 0.917. The zero-order valence-corrected chi connectivity index (χ0v) is 9.87. The van der Waals surface area contributed by atoms with Crippen molar-refractivity contribution in [2.45, 2.75) is 52.1 Å². The summed E-state index contributed by atoms with van der Waals surface area (Å²) >= 11 is 0. The number of nitrogens with two attached hydrogens (primary N) is 1. The molecule has 1 aliphatic rings. The molecule has 1 rings (SSSR count). The van der Waals surface area contributed by atoms with E-state index in [-0.39, 0.29) is 18.0 Å². The Morgan fingerprint density at radius 1 is 1.40 bits per heavy atom. The minimum Gasteiger partial charge on any atom is -0.462 e. The molecule has 0 spiro atoms. The monoisotopic (exact) mass is 213 g/mol. The van der Waals surface area contributed by atoms with Crippen molar-refractivity contribution in [3.63, 3.8) is 0 Å². The molecule has 0 radical (unpaired) electrons. The van der Waals surface area contributed by atoms with Crippen molar-refractivity contribution < 1.29 is 9.53 Å². The summed E-state index contributed by atoms with van der Waals surface area (Å²) < 4.78 is 5.45. The lowest BCUT2D eigenvalue weighted by Gasteiger charge is -2.19. The van der Waals surface area contributed by atoms with Gasteiger partial charge in [-0.3, -0.25) is 4.79 Å². The first kappa shape index (κ1) is 12.5. The number of hydrogen-bond acceptors (Lipinski definition) is 3. The van der Waals surface area contributed by atoms with Gasteiger partial charge in [-0.2, -0.15) is 0 Å². The molecule has 0 aromatic heterocycles. The van der Waals surface area contributed by atoms with Gasteiger partial charge >= 0.3 is 5.97 Å². The van der Waals surface area contributed by atoms with Gasteiger partial charge in [0.25, 0.3) is 0 Å². The van der Waals surface area contributed by atoms with Gasteiger partial charge in [0.2, 0.25) is 0 Å². The summed E-state index contributed by atoms with van der Waals surface area (Å²) in [6, 6.07) is 0. The van der Waals surface area contributed by atoms with Crippen molar-refractivity contribution in [1.82, 2.24) is 0 Å². The van der Waals surface area contributed by atoms with Gasteiger partial charge in [-0.25, -0.2) is 0 Å². The number of ether oxygens (including phenoxy) is 1. The maximum atomic E-state index is 11.8. The topological polar surface area (TPSA) is 52.3 Å². The molecule has 2 N–H and O–H groups in total. The van der Waals surface area contributed by atoms with Crippen molar-refractivity contribution in [1.29, 1.82) is 0 Å². The van der Waals surface area contributed by atoms with E-state index in [1.54, 1.807) is 0 Å².